The van der Waals surface area contributed by atoms with E-state index >= 15 is 0 Å². The lowest BCUT2D eigenvalue weighted by atomic mass is 9.96. The molecule has 0 aromatic heterocycles. The van der Waals surface area contributed by atoms with Gasteiger partial charge < -0.3 is 89.9 Å². The first-order valence-electron chi connectivity index (χ1n) is 30.9. The van der Waals surface area contributed by atoms with Crippen LogP contribution in [0.1, 0.15) is 226 Å². The van der Waals surface area contributed by atoms with E-state index in [1.54, 1.807) is 6.08 Å². The van der Waals surface area contributed by atoms with Crippen LogP contribution in [-0.4, -0.2) is 193 Å². The third-order valence-corrected chi connectivity index (χ3v) is 15.8. The molecule has 17 unspecified atom stereocenters. The number of carbonyl (C=O) groups is 1. The molecule has 460 valence electrons. The summed E-state index contributed by atoms with van der Waals surface area (Å²) < 4.78 is 34.3. The number of unbranched alkanes of at least 4 members (excludes halogenated alkanes) is 30. The van der Waals surface area contributed by atoms with Crippen molar-refractivity contribution >= 4 is 5.91 Å². The number of amides is 1. The fourth-order valence-electron chi connectivity index (χ4n) is 10.7. The van der Waals surface area contributed by atoms with Crippen molar-refractivity contribution in [2.45, 2.75) is 330 Å². The number of nitrogens with one attached hydrogen (secondary N) is 1. The lowest BCUT2D eigenvalue weighted by molar-refractivity contribution is -0.379. The Bertz CT molecular complexity index is 1480. The molecule has 0 aromatic rings. The molecule has 12 N–H and O–H groups in total. The Kier molecular flexibility index (Phi) is 39.2. The highest BCUT2D eigenvalue weighted by atomic mass is 16.8. The van der Waals surface area contributed by atoms with E-state index < -0.39 is 124 Å². The van der Waals surface area contributed by atoms with E-state index in [2.05, 4.69) is 19.2 Å². The third-order valence-electron chi connectivity index (χ3n) is 15.8. The Morgan fingerprint density at radius 3 is 1.21 bits per heavy atom. The second kappa shape index (κ2) is 43.2. The maximum Gasteiger partial charge on any atom is 0.220 e. The van der Waals surface area contributed by atoms with E-state index in [1.165, 1.54) is 154 Å². The van der Waals surface area contributed by atoms with Gasteiger partial charge in [0.15, 0.2) is 18.9 Å². The average molecular weight is 1120 g/mol. The normalized spacial score (nSPS) is 30.5. The highest BCUT2D eigenvalue weighted by molar-refractivity contribution is 5.76. The van der Waals surface area contributed by atoms with Gasteiger partial charge in [-0.15, -0.1) is 0 Å². The van der Waals surface area contributed by atoms with Gasteiger partial charge in [-0.3, -0.25) is 4.79 Å². The molecular weight excluding hydrogens is 1010 g/mol. The van der Waals surface area contributed by atoms with Gasteiger partial charge in [-0.05, 0) is 19.3 Å². The van der Waals surface area contributed by atoms with E-state index in [9.17, 15) is 61.0 Å². The van der Waals surface area contributed by atoms with Crippen LogP contribution in [-0.2, 0) is 33.2 Å². The van der Waals surface area contributed by atoms with E-state index in [0.717, 1.165) is 44.9 Å². The first-order valence-corrected chi connectivity index (χ1v) is 30.9. The molecule has 3 fully saturated rings. The summed E-state index contributed by atoms with van der Waals surface area (Å²) in [6, 6.07) is -0.966. The number of rotatable bonds is 46. The Morgan fingerprint density at radius 1 is 0.449 bits per heavy atom. The molecule has 0 bridgehead atoms. The zero-order valence-electron chi connectivity index (χ0n) is 47.9. The number of carbonyl (C=O) groups excluding carboxylic acids is 1. The number of aliphatic hydroxyl groups excluding tert-OH is 11. The summed E-state index contributed by atoms with van der Waals surface area (Å²) in [4.78, 5) is 13.3. The fraction of sp³-hybridized carbons (Fsp3) is 0.949. The summed E-state index contributed by atoms with van der Waals surface area (Å²) in [5.74, 6) is -0.272. The summed E-state index contributed by atoms with van der Waals surface area (Å²) in [5, 5.41) is 120. The smallest absolute Gasteiger partial charge is 0.220 e. The maximum atomic E-state index is 13.3. The van der Waals surface area contributed by atoms with Crippen LogP contribution in [0.5, 0.6) is 0 Å². The molecule has 17 atom stereocenters. The second-order valence-electron chi connectivity index (χ2n) is 22.5. The zero-order valence-corrected chi connectivity index (χ0v) is 47.9. The number of allylic oxidation sites excluding steroid dienone is 1. The first-order chi connectivity index (χ1) is 37.8. The van der Waals surface area contributed by atoms with E-state index in [4.69, 9.17) is 28.4 Å². The molecule has 0 aromatic carbocycles. The SMILES string of the molecule is CCCCCCCCCCCCCCCC/C=C/C(O)C(COC1OC(CO)C(OC2OC(CO)C(OC3OC(CO)C(O)C(O)C3O)C(O)C2O)C(O)C1O)NC(=O)CCCCCCCCCCCCCCCCCCC. The highest BCUT2D eigenvalue weighted by Gasteiger charge is 2.53. The standard InChI is InChI=1S/C59H111NO18/c1-3-5-7-9-11-13-15-17-19-21-23-25-27-29-31-33-35-37-47(65)60-42(43(64)36-34-32-30-28-26-24-22-20-18-16-14-12-10-8-6-4-2)41-73-57-53(71)50(68)55(45(39-62)75-57)78-59-54(72)51(69)56(46(40-63)76-59)77-58-52(70)49(67)48(66)44(38-61)74-58/h34,36,42-46,48-59,61-64,66-72H,3-33,35,37-41H2,1-2H3,(H,60,65)/b36-34+. The van der Waals surface area contributed by atoms with Crippen LogP contribution in [0.3, 0.4) is 0 Å². The molecule has 1 amide bonds. The molecule has 3 aliphatic rings. The van der Waals surface area contributed by atoms with Gasteiger partial charge in [-0.25, -0.2) is 0 Å². The lowest BCUT2D eigenvalue weighted by Crippen LogP contribution is -2.66. The fourth-order valence-corrected chi connectivity index (χ4v) is 10.7. The van der Waals surface area contributed by atoms with Crippen LogP contribution in [0.25, 0.3) is 0 Å². The maximum absolute atomic E-state index is 13.3. The summed E-state index contributed by atoms with van der Waals surface area (Å²) in [7, 11) is 0. The monoisotopic (exact) mass is 1120 g/mol. The van der Waals surface area contributed by atoms with Gasteiger partial charge in [0.05, 0.1) is 38.6 Å². The van der Waals surface area contributed by atoms with Crippen LogP contribution in [0, 0.1) is 0 Å². The van der Waals surface area contributed by atoms with Crippen LogP contribution < -0.4 is 5.32 Å². The van der Waals surface area contributed by atoms with Crippen LogP contribution in [0.2, 0.25) is 0 Å². The predicted octanol–water partition coefficient (Wildman–Crippen LogP) is 5.77. The molecule has 19 nitrogen and oxygen atoms in total. The van der Waals surface area contributed by atoms with Crippen molar-refractivity contribution in [1.29, 1.82) is 0 Å². The van der Waals surface area contributed by atoms with Crippen molar-refractivity contribution in [3.63, 3.8) is 0 Å². The summed E-state index contributed by atoms with van der Waals surface area (Å²) in [6.07, 6.45) is 16.1. The predicted molar refractivity (Wildman–Crippen MR) is 296 cm³/mol. The molecule has 78 heavy (non-hydrogen) atoms. The molecule has 0 saturated carbocycles. The lowest BCUT2D eigenvalue weighted by Gasteiger charge is -2.48. The largest absolute Gasteiger partial charge is 0.394 e. The molecule has 3 saturated heterocycles. The minimum absolute atomic E-state index is 0.249. The third kappa shape index (κ3) is 26.8. The molecule has 0 spiro atoms. The van der Waals surface area contributed by atoms with Gasteiger partial charge in [0.25, 0.3) is 0 Å². The zero-order chi connectivity index (χ0) is 56.9. The van der Waals surface area contributed by atoms with Gasteiger partial charge in [0.2, 0.25) is 5.91 Å². The van der Waals surface area contributed by atoms with Crippen molar-refractivity contribution in [2.24, 2.45) is 0 Å². The summed E-state index contributed by atoms with van der Waals surface area (Å²) >= 11 is 0. The topological polar surface area (TPSA) is 307 Å². The van der Waals surface area contributed by atoms with Gasteiger partial charge in [0, 0.05) is 6.42 Å². The Balaban J connectivity index is 1.50. The first kappa shape index (κ1) is 70.8. The Hall–Kier alpha value is -1.47. The number of aliphatic hydroxyl groups is 11. The van der Waals surface area contributed by atoms with Crippen molar-refractivity contribution < 1.29 is 89.4 Å². The Morgan fingerprint density at radius 2 is 0.795 bits per heavy atom. The van der Waals surface area contributed by atoms with Gasteiger partial charge in [-0.2, -0.15) is 0 Å². The van der Waals surface area contributed by atoms with Crippen LogP contribution in [0.4, 0.5) is 0 Å². The quantitative estimate of drug-likeness (QED) is 0.0254. The number of hydrogen-bond acceptors (Lipinski definition) is 18. The second-order valence-corrected chi connectivity index (χ2v) is 22.5. The summed E-state index contributed by atoms with van der Waals surface area (Å²) in [6.45, 7) is 1.74. The van der Waals surface area contributed by atoms with E-state index in [1.807, 2.05) is 6.08 Å². The van der Waals surface area contributed by atoms with Crippen LogP contribution >= 0.6 is 0 Å². The molecule has 3 rings (SSSR count). The minimum Gasteiger partial charge on any atom is -0.394 e. The number of hydrogen-bond donors (Lipinski definition) is 12. The molecule has 0 aliphatic carbocycles. The minimum atomic E-state index is -1.97. The number of ether oxygens (including phenoxy) is 6. The van der Waals surface area contributed by atoms with Gasteiger partial charge in [-0.1, -0.05) is 212 Å². The highest BCUT2D eigenvalue weighted by Crippen LogP contribution is 2.33. The summed E-state index contributed by atoms with van der Waals surface area (Å²) in [5.41, 5.74) is 0. The van der Waals surface area contributed by atoms with Crippen LogP contribution in [0.15, 0.2) is 12.2 Å². The van der Waals surface area contributed by atoms with Crippen molar-refractivity contribution in [3.05, 3.63) is 12.2 Å². The van der Waals surface area contributed by atoms with Crippen molar-refractivity contribution in [2.75, 3.05) is 26.4 Å². The average Bonchev–Trinajstić information content (AvgIpc) is 3.45. The van der Waals surface area contributed by atoms with Crippen molar-refractivity contribution in [1.82, 2.24) is 5.32 Å². The molecule has 3 heterocycles. The van der Waals surface area contributed by atoms with Crippen molar-refractivity contribution in [3.8, 4) is 0 Å². The molecule has 0 radical (unpaired) electrons. The molecule has 3 aliphatic heterocycles. The molecule has 19 heteroatoms. The van der Waals surface area contributed by atoms with E-state index in [0.29, 0.717) is 6.42 Å². The van der Waals surface area contributed by atoms with E-state index in [-0.39, 0.29) is 18.9 Å². The molecular formula is C59H111NO18. The van der Waals surface area contributed by atoms with Gasteiger partial charge in [0.1, 0.15) is 73.2 Å². The Labute approximate surface area is 467 Å². The van der Waals surface area contributed by atoms with Gasteiger partial charge >= 0.3 is 0 Å².